The summed E-state index contributed by atoms with van der Waals surface area (Å²) in [5, 5.41) is 0.751. The summed E-state index contributed by atoms with van der Waals surface area (Å²) in [6.07, 6.45) is -0.173. The number of alkyl halides is 3. The summed E-state index contributed by atoms with van der Waals surface area (Å²) in [6, 6.07) is 10.3. The Kier molecular flexibility index (Phi) is 3.50. The predicted octanol–water partition coefficient (Wildman–Crippen LogP) is 3.51. The number of para-hydroxylation sites is 1. The van der Waals surface area contributed by atoms with E-state index in [0.29, 0.717) is 30.2 Å². The topological polar surface area (TPSA) is 45.2 Å². The molecule has 2 fully saturated rings. The van der Waals surface area contributed by atoms with Crippen molar-refractivity contribution in [3.05, 3.63) is 54.5 Å². The highest BCUT2D eigenvalue weighted by molar-refractivity contribution is 5.92. The van der Waals surface area contributed by atoms with Crippen LogP contribution >= 0.6 is 0 Å². The lowest BCUT2D eigenvalue weighted by Crippen LogP contribution is -2.47. The number of benzene rings is 1. The fraction of sp³-hybridized carbons (Fsp3) is 0.316. The van der Waals surface area contributed by atoms with Gasteiger partial charge in [0.2, 0.25) is 5.95 Å². The number of aromatic nitrogens is 3. The molecule has 0 radical (unpaired) electrons. The van der Waals surface area contributed by atoms with Gasteiger partial charge in [-0.3, -0.25) is 0 Å². The molecule has 2 atom stereocenters. The highest BCUT2D eigenvalue weighted by Gasteiger charge is 2.45. The molecule has 2 bridgehead atoms. The number of pyridine rings is 1. The van der Waals surface area contributed by atoms with E-state index in [1.807, 2.05) is 12.1 Å². The maximum Gasteiger partial charge on any atom is 0.433 e. The summed E-state index contributed by atoms with van der Waals surface area (Å²) in [5.41, 5.74) is 0.129. The Morgan fingerprint density at radius 2 is 1.63 bits per heavy atom. The van der Waals surface area contributed by atoms with Gasteiger partial charge in [-0.1, -0.05) is 18.2 Å². The second-order valence-electron chi connectivity index (χ2n) is 6.94. The maximum absolute atomic E-state index is 13.3. The largest absolute Gasteiger partial charge is 0.433 e. The highest BCUT2D eigenvalue weighted by Crippen LogP contribution is 2.41. The van der Waals surface area contributed by atoms with Crippen LogP contribution < -0.4 is 9.80 Å². The first-order valence-electron chi connectivity index (χ1n) is 8.78. The lowest BCUT2D eigenvalue weighted by Gasteiger charge is -2.36. The Hall–Kier alpha value is -2.90. The maximum atomic E-state index is 13.3. The molecule has 2 aromatic heterocycles. The molecule has 0 saturated carbocycles. The molecular formula is C19H16F3N5. The number of piperazine rings is 1. The summed E-state index contributed by atoms with van der Waals surface area (Å²) < 4.78 is 40.0. The van der Waals surface area contributed by atoms with Crippen LogP contribution in [0.1, 0.15) is 12.1 Å². The van der Waals surface area contributed by atoms with E-state index in [4.69, 9.17) is 0 Å². The molecule has 0 N–H and O–H groups in total. The molecule has 27 heavy (non-hydrogen) atoms. The van der Waals surface area contributed by atoms with Crippen molar-refractivity contribution in [2.75, 3.05) is 22.9 Å². The van der Waals surface area contributed by atoms with Gasteiger partial charge in [0, 0.05) is 42.6 Å². The molecule has 2 aliphatic rings. The van der Waals surface area contributed by atoms with Crippen molar-refractivity contribution in [1.29, 1.82) is 0 Å². The fourth-order valence-electron chi connectivity index (χ4n) is 4.19. The second kappa shape index (κ2) is 5.80. The van der Waals surface area contributed by atoms with Crippen molar-refractivity contribution in [3.63, 3.8) is 0 Å². The van der Waals surface area contributed by atoms with E-state index in [-0.39, 0.29) is 12.1 Å². The van der Waals surface area contributed by atoms with Gasteiger partial charge in [-0.15, -0.1) is 0 Å². The van der Waals surface area contributed by atoms with E-state index in [9.17, 15) is 13.2 Å². The molecule has 5 rings (SSSR count). The van der Waals surface area contributed by atoms with Gasteiger partial charge in [0.1, 0.15) is 5.69 Å². The van der Waals surface area contributed by atoms with Crippen LogP contribution in [0.15, 0.2) is 48.8 Å². The smallest absolute Gasteiger partial charge is 0.364 e. The molecule has 3 aromatic rings. The summed E-state index contributed by atoms with van der Waals surface area (Å²) >= 11 is 0. The Morgan fingerprint density at radius 1 is 0.926 bits per heavy atom. The van der Waals surface area contributed by atoms with E-state index in [2.05, 4.69) is 24.8 Å². The number of hydrogen-bond donors (Lipinski definition) is 0. The van der Waals surface area contributed by atoms with E-state index in [1.54, 1.807) is 30.6 Å². The third-order valence-corrected chi connectivity index (χ3v) is 5.34. The van der Waals surface area contributed by atoms with Crippen LogP contribution in [-0.4, -0.2) is 40.1 Å². The minimum atomic E-state index is -4.47. The number of anilines is 2. The predicted molar refractivity (Wildman–Crippen MR) is 95.7 cm³/mol. The van der Waals surface area contributed by atoms with Gasteiger partial charge in [0.05, 0.1) is 11.6 Å². The monoisotopic (exact) mass is 371 g/mol. The third-order valence-electron chi connectivity index (χ3n) is 5.34. The van der Waals surface area contributed by atoms with Gasteiger partial charge in [-0.25, -0.2) is 15.0 Å². The number of rotatable bonds is 2. The van der Waals surface area contributed by atoms with Crippen LogP contribution in [0.2, 0.25) is 0 Å². The number of hydrogen-bond acceptors (Lipinski definition) is 5. The second-order valence-corrected chi connectivity index (χ2v) is 6.94. The zero-order chi connectivity index (χ0) is 18.6. The Labute approximate surface area is 153 Å². The standard InChI is InChI=1S/C19H16F3N5/c20-19(21,22)17-9-16(14-4-1-2-5-15(14)25-17)26-10-13-8-12(26)11-27(13)18-23-6-3-7-24-18/h1-7,9,12-13H,8,10-11H2/t12-,13-/m0/s1. The SMILES string of the molecule is FC(F)(F)c1cc(N2C[C@@H]3C[C@H]2CN3c2ncccn2)c2ccccc2n1. The average Bonchev–Trinajstić information content (AvgIpc) is 3.28. The summed E-state index contributed by atoms with van der Waals surface area (Å²) in [7, 11) is 0. The van der Waals surface area contributed by atoms with Crippen LogP contribution in [0.4, 0.5) is 24.8 Å². The van der Waals surface area contributed by atoms with Gasteiger partial charge in [-0.05, 0) is 24.6 Å². The van der Waals surface area contributed by atoms with Crippen LogP contribution in [0, 0.1) is 0 Å². The highest BCUT2D eigenvalue weighted by atomic mass is 19.4. The Bertz CT molecular complexity index is 992. The molecular weight excluding hydrogens is 355 g/mol. The first kappa shape index (κ1) is 16.3. The number of fused-ring (bicyclic) bond motifs is 3. The van der Waals surface area contributed by atoms with Gasteiger partial charge >= 0.3 is 6.18 Å². The van der Waals surface area contributed by atoms with E-state index < -0.39 is 11.9 Å². The molecule has 2 saturated heterocycles. The summed E-state index contributed by atoms with van der Waals surface area (Å²) in [5.74, 6) is 0.681. The summed E-state index contributed by atoms with van der Waals surface area (Å²) in [4.78, 5) is 16.7. The van der Waals surface area contributed by atoms with Crippen molar-refractivity contribution in [3.8, 4) is 0 Å². The van der Waals surface area contributed by atoms with E-state index in [0.717, 1.165) is 11.8 Å². The molecule has 5 nitrogen and oxygen atoms in total. The Balaban J connectivity index is 1.53. The normalized spacial score (nSPS) is 22.0. The quantitative estimate of drug-likeness (QED) is 0.690. The third kappa shape index (κ3) is 2.67. The first-order valence-corrected chi connectivity index (χ1v) is 8.78. The molecule has 4 heterocycles. The lowest BCUT2D eigenvalue weighted by molar-refractivity contribution is -0.140. The van der Waals surface area contributed by atoms with Crippen LogP contribution in [-0.2, 0) is 6.18 Å². The number of halogens is 3. The van der Waals surface area contributed by atoms with Crippen molar-refractivity contribution < 1.29 is 13.2 Å². The molecule has 138 valence electrons. The van der Waals surface area contributed by atoms with Crippen molar-refractivity contribution in [2.24, 2.45) is 0 Å². The van der Waals surface area contributed by atoms with E-state index in [1.165, 1.54) is 6.07 Å². The fourth-order valence-corrected chi connectivity index (χ4v) is 4.19. The zero-order valence-electron chi connectivity index (χ0n) is 14.3. The van der Waals surface area contributed by atoms with Gasteiger partial charge in [0.15, 0.2) is 0 Å². The van der Waals surface area contributed by atoms with E-state index >= 15 is 0 Å². The van der Waals surface area contributed by atoms with Crippen molar-refractivity contribution in [2.45, 2.75) is 24.7 Å². The zero-order valence-corrected chi connectivity index (χ0v) is 14.3. The van der Waals surface area contributed by atoms with Gasteiger partial charge in [0.25, 0.3) is 0 Å². The van der Waals surface area contributed by atoms with Crippen LogP contribution in [0.5, 0.6) is 0 Å². The number of nitrogens with zero attached hydrogens (tertiary/aromatic N) is 5. The molecule has 2 aliphatic heterocycles. The van der Waals surface area contributed by atoms with Crippen LogP contribution in [0.3, 0.4) is 0 Å². The van der Waals surface area contributed by atoms with Crippen molar-refractivity contribution in [1.82, 2.24) is 15.0 Å². The molecule has 0 amide bonds. The average molecular weight is 371 g/mol. The lowest BCUT2D eigenvalue weighted by atomic mass is 10.1. The van der Waals surface area contributed by atoms with Crippen LogP contribution in [0.25, 0.3) is 10.9 Å². The molecule has 0 aliphatic carbocycles. The van der Waals surface area contributed by atoms with Gasteiger partial charge < -0.3 is 9.80 Å². The minimum absolute atomic E-state index is 0.130. The first-order chi connectivity index (χ1) is 13.0. The molecule has 1 aromatic carbocycles. The van der Waals surface area contributed by atoms with Crippen molar-refractivity contribution >= 4 is 22.5 Å². The molecule has 8 heteroatoms. The molecule has 0 spiro atoms. The summed E-state index contributed by atoms with van der Waals surface area (Å²) in [6.45, 7) is 1.35. The van der Waals surface area contributed by atoms with Gasteiger partial charge in [-0.2, -0.15) is 13.2 Å². The Morgan fingerprint density at radius 3 is 2.33 bits per heavy atom. The minimum Gasteiger partial charge on any atom is -0.364 e. The molecule has 0 unspecified atom stereocenters.